The van der Waals surface area contributed by atoms with Gasteiger partial charge in [0.15, 0.2) is 11.5 Å². The molecule has 0 saturated heterocycles. The van der Waals surface area contributed by atoms with Crippen LogP contribution in [0.2, 0.25) is 0 Å². The lowest BCUT2D eigenvalue weighted by molar-refractivity contribution is -0.825. The lowest BCUT2D eigenvalue weighted by Crippen LogP contribution is -3.16. The highest BCUT2D eigenvalue weighted by Gasteiger charge is 2.30. The Bertz CT molecular complexity index is 774. The van der Waals surface area contributed by atoms with Gasteiger partial charge in [-0.2, -0.15) is 5.53 Å². The third-order valence-corrected chi connectivity index (χ3v) is 4.20. The number of rotatable bonds is 6. The molecule has 4 N–H and O–H groups in total. The van der Waals surface area contributed by atoms with Crippen LogP contribution in [0.25, 0.3) is 0 Å². The number of amidine groups is 1. The zero-order chi connectivity index (χ0) is 17.6. The molecule has 2 unspecified atom stereocenters. The van der Waals surface area contributed by atoms with E-state index in [0.717, 1.165) is 17.9 Å². The third kappa shape index (κ3) is 5.32. The minimum atomic E-state index is -0.206. The molecule has 1 heterocycles. The minimum Gasteiger partial charge on any atom is -1.00 e. The zero-order valence-electron chi connectivity index (χ0n) is 15.2. The van der Waals surface area contributed by atoms with E-state index in [1.807, 2.05) is 36.4 Å². The van der Waals surface area contributed by atoms with Crippen molar-refractivity contribution in [1.82, 2.24) is 5.43 Å². The molecule has 3 rings (SSSR count). The Balaban J connectivity index is 0.00000182. The van der Waals surface area contributed by atoms with E-state index in [1.54, 1.807) is 14.2 Å². The Morgan fingerprint density at radius 2 is 1.81 bits per heavy atom. The van der Waals surface area contributed by atoms with Crippen LogP contribution in [0, 0.1) is 0 Å². The summed E-state index contributed by atoms with van der Waals surface area (Å²) in [5.41, 5.74) is 10.7. The fourth-order valence-electron chi connectivity index (χ4n) is 2.93. The average Bonchev–Trinajstić information content (AvgIpc) is 2.68. The first-order chi connectivity index (χ1) is 12.2. The Labute approximate surface area is 171 Å². The predicted octanol–water partition coefficient (Wildman–Crippen LogP) is -6.40. The second kappa shape index (κ2) is 10.7. The largest absolute Gasteiger partial charge is 1.00 e. The molecule has 0 radical (unpaired) electrons. The summed E-state index contributed by atoms with van der Waals surface area (Å²) in [6.07, 6.45) is -0.206. The van der Waals surface area contributed by atoms with Crippen molar-refractivity contribution in [2.75, 3.05) is 20.8 Å². The van der Waals surface area contributed by atoms with Crippen molar-refractivity contribution in [2.24, 2.45) is 10.2 Å². The average molecular weight is 412 g/mol. The maximum absolute atomic E-state index is 5.47. The Morgan fingerprint density at radius 3 is 2.44 bits per heavy atom. The number of nitrogens with zero attached hydrogens (tertiary/aromatic N) is 2. The van der Waals surface area contributed by atoms with Crippen LogP contribution in [0.3, 0.4) is 0 Å². The van der Waals surface area contributed by atoms with Crippen molar-refractivity contribution in [3.8, 4) is 11.5 Å². The summed E-state index contributed by atoms with van der Waals surface area (Å²) < 4.78 is 10.7. The summed E-state index contributed by atoms with van der Waals surface area (Å²) >= 11 is 0. The SMILES string of the molecule is COc1ccc(C2=NNC(N=[NH2+])C[NH+]2Cc2ccccc2)cc1OC.[Cl-].[Cl-]. The quantitative estimate of drug-likeness (QED) is 0.413. The second-order valence-electron chi connectivity index (χ2n) is 5.79. The lowest BCUT2D eigenvalue weighted by Gasteiger charge is -2.26. The lowest BCUT2D eigenvalue weighted by atomic mass is 10.1. The number of nitrogens with two attached hydrogens (primary N) is 1. The molecule has 1 aliphatic rings. The molecule has 2 atom stereocenters. The van der Waals surface area contributed by atoms with Gasteiger partial charge in [-0.05, 0) is 23.3 Å². The predicted molar refractivity (Wildman–Crippen MR) is 93.3 cm³/mol. The molecule has 146 valence electrons. The van der Waals surface area contributed by atoms with E-state index in [0.29, 0.717) is 18.0 Å². The van der Waals surface area contributed by atoms with Gasteiger partial charge in [0.2, 0.25) is 6.17 Å². The highest BCUT2D eigenvalue weighted by Crippen LogP contribution is 2.27. The van der Waals surface area contributed by atoms with Gasteiger partial charge in [-0.25, -0.2) is 0 Å². The third-order valence-electron chi connectivity index (χ3n) is 4.20. The van der Waals surface area contributed by atoms with E-state index in [1.165, 1.54) is 10.5 Å². The number of methoxy groups -OCH3 is 2. The molecule has 0 aromatic heterocycles. The molecule has 0 spiro atoms. The minimum absolute atomic E-state index is 0. The van der Waals surface area contributed by atoms with Crippen LogP contribution in [0.15, 0.2) is 58.7 Å². The Morgan fingerprint density at radius 1 is 1.11 bits per heavy atom. The number of benzene rings is 2. The van der Waals surface area contributed by atoms with Gasteiger partial charge < -0.3 is 34.3 Å². The summed E-state index contributed by atoms with van der Waals surface area (Å²) in [6, 6.07) is 16.1. The molecule has 0 aliphatic carbocycles. The summed E-state index contributed by atoms with van der Waals surface area (Å²) in [5, 5.41) is 8.36. The topological polar surface area (TPSA) is 85.2 Å². The van der Waals surface area contributed by atoms with Gasteiger partial charge in [-0.1, -0.05) is 30.3 Å². The van der Waals surface area contributed by atoms with Crippen LogP contribution in [-0.4, -0.2) is 32.8 Å². The van der Waals surface area contributed by atoms with Crippen molar-refractivity contribution >= 4 is 5.84 Å². The van der Waals surface area contributed by atoms with Crippen LogP contribution in [-0.2, 0) is 6.54 Å². The number of nitrogens with one attached hydrogen (secondary N) is 2. The number of halogens is 2. The van der Waals surface area contributed by atoms with Crippen LogP contribution < -0.4 is 50.1 Å². The fourth-order valence-corrected chi connectivity index (χ4v) is 2.93. The van der Waals surface area contributed by atoms with Gasteiger partial charge in [-0.15, -0.1) is 5.10 Å². The van der Waals surface area contributed by atoms with E-state index in [2.05, 4.69) is 27.8 Å². The van der Waals surface area contributed by atoms with Gasteiger partial charge in [-0.3, -0.25) is 10.3 Å². The first-order valence-corrected chi connectivity index (χ1v) is 8.09. The van der Waals surface area contributed by atoms with Gasteiger partial charge in [0.1, 0.15) is 13.1 Å². The van der Waals surface area contributed by atoms with Gasteiger partial charge in [0.05, 0.1) is 19.8 Å². The Hall–Kier alpha value is -2.35. The molecule has 0 saturated carbocycles. The molecule has 0 amide bonds. The molecule has 27 heavy (non-hydrogen) atoms. The Kier molecular flexibility index (Phi) is 9.00. The molecule has 2 aromatic carbocycles. The first kappa shape index (κ1) is 22.7. The van der Waals surface area contributed by atoms with E-state index in [4.69, 9.17) is 15.0 Å². The molecule has 9 heteroatoms. The van der Waals surface area contributed by atoms with Crippen LogP contribution in [0.5, 0.6) is 11.5 Å². The van der Waals surface area contributed by atoms with Gasteiger partial charge >= 0.3 is 0 Å². The van der Waals surface area contributed by atoms with Crippen molar-refractivity contribution in [1.29, 1.82) is 0 Å². The van der Waals surface area contributed by atoms with Crippen molar-refractivity contribution < 1.29 is 44.7 Å². The highest BCUT2D eigenvalue weighted by atomic mass is 35.5. The van der Waals surface area contributed by atoms with E-state index >= 15 is 0 Å². The summed E-state index contributed by atoms with van der Waals surface area (Å²) in [5.74, 6) is 2.26. The van der Waals surface area contributed by atoms with Crippen LogP contribution >= 0.6 is 0 Å². The normalized spacial score (nSPS) is 18.1. The molecule has 1 aliphatic heterocycles. The number of hydrogen-bond donors (Lipinski definition) is 3. The van der Waals surface area contributed by atoms with Crippen LogP contribution in [0.1, 0.15) is 11.1 Å². The maximum Gasteiger partial charge on any atom is 0.250 e. The number of ether oxygens (including phenoxy) is 2. The van der Waals surface area contributed by atoms with Crippen LogP contribution in [0.4, 0.5) is 0 Å². The molecular weight excluding hydrogens is 389 g/mol. The molecule has 2 aromatic rings. The fraction of sp³-hybridized carbons (Fsp3) is 0.278. The molecular formula is C18H23Cl2N5O2. The highest BCUT2D eigenvalue weighted by molar-refractivity contribution is 5.93. The van der Waals surface area contributed by atoms with Crippen molar-refractivity contribution in [3.05, 3.63) is 59.7 Å². The molecule has 0 bridgehead atoms. The number of hydrogen-bond acceptors (Lipinski definition) is 5. The molecule has 7 nitrogen and oxygen atoms in total. The van der Waals surface area contributed by atoms with E-state index in [9.17, 15) is 0 Å². The van der Waals surface area contributed by atoms with Crippen molar-refractivity contribution in [2.45, 2.75) is 12.7 Å². The van der Waals surface area contributed by atoms with Gasteiger partial charge in [0.25, 0.3) is 5.84 Å². The van der Waals surface area contributed by atoms with E-state index in [-0.39, 0.29) is 31.0 Å². The smallest absolute Gasteiger partial charge is 0.250 e. The summed E-state index contributed by atoms with van der Waals surface area (Å²) in [4.78, 5) is 1.18. The first-order valence-electron chi connectivity index (χ1n) is 8.09. The second-order valence-corrected chi connectivity index (χ2v) is 5.79. The number of quaternary nitrogens is 1. The molecule has 0 fully saturated rings. The van der Waals surface area contributed by atoms with E-state index < -0.39 is 0 Å². The van der Waals surface area contributed by atoms with Crippen molar-refractivity contribution in [3.63, 3.8) is 0 Å². The summed E-state index contributed by atoms with van der Waals surface area (Å²) in [6.45, 7) is 1.50. The monoisotopic (exact) mass is 411 g/mol. The summed E-state index contributed by atoms with van der Waals surface area (Å²) in [7, 11) is 3.25. The number of hydrazone groups is 1. The zero-order valence-corrected chi connectivity index (χ0v) is 16.7. The standard InChI is InChI=1S/C18H21N5O2.2ClH/c1-24-15-9-8-14(10-16(15)25-2)18-22-21-17(20-19)12-23(18)11-13-6-4-3-5-7-13;;/h3-10,17,19,21H,11-12H2,1-2H3;2*1H. The maximum atomic E-state index is 5.47. The van der Waals surface area contributed by atoms with Gasteiger partial charge in [0, 0.05) is 5.56 Å².